The minimum atomic E-state index is -0.383. The van der Waals surface area contributed by atoms with E-state index in [0.717, 1.165) is 36.4 Å². The number of carbonyl (C=O) groups is 1. The monoisotopic (exact) mass is 252 g/mol. The average Bonchev–Trinajstić information content (AvgIpc) is 2.52. The Morgan fingerprint density at radius 3 is 2.50 bits per heavy atom. The first kappa shape index (κ1) is 12.9. The molecule has 5 nitrogen and oxygen atoms in total. The first-order valence-electron chi connectivity index (χ1n) is 6.23. The van der Waals surface area contributed by atoms with Crippen LogP contribution in [0, 0.1) is 13.8 Å². The summed E-state index contributed by atoms with van der Waals surface area (Å²) in [5.41, 5.74) is 1.47. The molecule has 1 aromatic heterocycles. The molecule has 1 heterocycles. The number of carbonyl (C=O) groups excluding carboxylic acids is 1. The van der Waals surface area contributed by atoms with Crippen molar-refractivity contribution in [3.8, 4) is 5.75 Å². The molecular weight excluding hydrogens is 232 g/mol. The van der Waals surface area contributed by atoms with Gasteiger partial charge in [0, 0.05) is 7.05 Å². The lowest BCUT2D eigenvalue weighted by Crippen LogP contribution is -2.45. The zero-order valence-electron chi connectivity index (χ0n) is 11.4. The van der Waals surface area contributed by atoms with Crippen LogP contribution in [0.3, 0.4) is 0 Å². The number of aryl methyl sites for hydroxylation is 2. The normalized spacial score (nSPS) is 17.1. The standard InChI is InChI=1S/C13H20N2O3/c1-9-12(10(2)15(3)14-9)18-13(6-5-7-13)8-11(16)17-4/h5-8H2,1-4H3. The van der Waals surface area contributed by atoms with E-state index in [0.29, 0.717) is 6.42 Å². The Kier molecular flexibility index (Phi) is 3.32. The fourth-order valence-electron chi connectivity index (χ4n) is 2.34. The molecule has 0 radical (unpaired) electrons. The quantitative estimate of drug-likeness (QED) is 0.768. The molecule has 1 aliphatic rings. The molecule has 0 unspecified atom stereocenters. The van der Waals surface area contributed by atoms with Crippen LogP contribution in [-0.4, -0.2) is 28.5 Å². The maximum Gasteiger partial charge on any atom is 0.309 e. The Bertz CT molecular complexity index is 461. The number of esters is 1. The van der Waals surface area contributed by atoms with Gasteiger partial charge in [0.25, 0.3) is 0 Å². The number of rotatable bonds is 4. The summed E-state index contributed by atoms with van der Waals surface area (Å²) in [6.45, 7) is 3.90. The van der Waals surface area contributed by atoms with E-state index in [4.69, 9.17) is 9.47 Å². The predicted molar refractivity (Wildman–Crippen MR) is 66.5 cm³/mol. The van der Waals surface area contributed by atoms with Gasteiger partial charge in [0.05, 0.1) is 19.2 Å². The maximum absolute atomic E-state index is 11.5. The van der Waals surface area contributed by atoms with Crippen LogP contribution in [0.2, 0.25) is 0 Å². The van der Waals surface area contributed by atoms with E-state index in [1.165, 1.54) is 7.11 Å². The van der Waals surface area contributed by atoms with E-state index >= 15 is 0 Å². The summed E-state index contributed by atoms with van der Waals surface area (Å²) in [7, 11) is 3.30. The predicted octanol–water partition coefficient (Wildman–Crippen LogP) is 1.90. The third kappa shape index (κ3) is 2.21. The van der Waals surface area contributed by atoms with Crippen molar-refractivity contribution in [3.63, 3.8) is 0 Å². The highest BCUT2D eigenvalue weighted by molar-refractivity contribution is 5.70. The largest absolute Gasteiger partial charge is 0.483 e. The van der Waals surface area contributed by atoms with E-state index in [2.05, 4.69) is 5.10 Å². The fraction of sp³-hybridized carbons (Fsp3) is 0.692. The van der Waals surface area contributed by atoms with Crippen LogP contribution < -0.4 is 4.74 Å². The zero-order chi connectivity index (χ0) is 13.3. The summed E-state index contributed by atoms with van der Waals surface area (Å²) in [4.78, 5) is 11.5. The van der Waals surface area contributed by atoms with Crippen LogP contribution in [0.25, 0.3) is 0 Å². The summed E-state index contributed by atoms with van der Waals surface area (Å²) in [5, 5.41) is 4.33. The number of ether oxygens (including phenoxy) is 2. The molecule has 0 spiro atoms. The highest BCUT2D eigenvalue weighted by atomic mass is 16.5. The van der Waals surface area contributed by atoms with Gasteiger partial charge in [-0.05, 0) is 33.1 Å². The molecule has 1 aromatic rings. The minimum Gasteiger partial charge on any atom is -0.483 e. The van der Waals surface area contributed by atoms with Crippen molar-refractivity contribution in [1.29, 1.82) is 0 Å². The van der Waals surface area contributed by atoms with Crippen LogP contribution >= 0.6 is 0 Å². The molecule has 0 aromatic carbocycles. The molecule has 0 bridgehead atoms. The van der Waals surface area contributed by atoms with E-state index in [1.807, 2.05) is 20.9 Å². The van der Waals surface area contributed by atoms with Crippen molar-refractivity contribution < 1.29 is 14.3 Å². The zero-order valence-corrected chi connectivity index (χ0v) is 11.4. The van der Waals surface area contributed by atoms with Crippen molar-refractivity contribution in [3.05, 3.63) is 11.4 Å². The molecule has 1 aliphatic carbocycles. The molecule has 0 amide bonds. The summed E-state index contributed by atoms with van der Waals surface area (Å²) in [6, 6.07) is 0. The Hall–Kier alpha value is -1.52. The second kappa shape index (κ2) is 4.63. The minimum absolute atomic E-state index is 0.214. The first-order valence-corrected chi connectivity index (χ1v) is 6.23. The van der Waals surface area contributed by atoms with Crippen molar-refractivity contribution >= 4 is 5.97 Å². The van der Waals surface area contributed by atoms with Gasteiger partial charge in [0.2, 0.25) is 0 Å². The number of hydrogen-bond donors (Lipinski definition) is 0. The van der Waals surface area contributed by atoms with Gasteiger partial charge in [-0.2, -0.15) is 5.10 Å². The highest BCUT2D eigenvalue weighted by Gasteiger charge is 2.42. The molecule has 1 saturated carbocycles. The Balaban J connectivity index is 2.17. The van der Waals surface area contributed by atoms with Gasteiger partial charge in [-0.25, -0.2) is 0 Å². The average molecular weight is 252 g/mol. The lowest BCUT2D eigenvalue weighted by Gasteiger charge is -2.41. The second-order valence-corrected chi connectivity index (χ2v) is 5.02. The van der Waals surface area contributed by atoms with Gasteiger partial charge >= 0.3 is 5.97 Å². The number of methoxy groups -OCH3 is 1. The van der Waals surface area contributed by atoms with Gasteiger partial charge in [-0.1, -0.05) is 0 Å². The van der Waals surface area contributed by atoms with E-state index in [-0.39, 0.29) is 11.6 Å². The molecule has 0 saturated heterocycles. The summed E-state index contributed by atoms with van der Waals surface area (Å²) in [6.07, 6.45) is 3.21. The summed E-state index contributed by atoms with van der Waals surface area (Å²) in [5.74, 6) is 0.593. The maximum atomic E-state index is 11.5. The third-order valence-electron chi connectivity index (χ3n) is 3.72. The van der Waals surface area contributed by atoms with E-state index in [9.17, 15) is 4.79 Å². The van der Waals surface area contributed by atoms with E-state index in [1.54, 1.807) is 4.68 Å². The number of hydrogen-bond acceptors (Lipinski definition) is 4. The molecule has 0 atom stereocenters. The van der Waals surface area contributed by atoms with Gasteiger partial charge in [0.15, 0.2) is 5.75 Å². The van der Waals surface area contributed by atoms with Gasteiger partial charge in [-0.3, -0.25) is 9.48 Å². The molecule has 18 heavy (non-hydrogen) atoms. The molecule has 2 rings (SSSR count). The smallest absolute Gasteiger partial charge is 0.309 e. The first-order chi connectivity index (χ1) is 8.47. The Morgan fingerprint density at radius 2 is 2.11 bits per heavy atom. The summed E-state index contributed by atoms with van der Waals surface area (Å²) >= 11 is 0. The number of aromatic nitrogens is 2. The molecule has 0 N–H and O–H groups in total. The molecule has 5 heteroatoms. The van der Waals surface area contributed by atoms with Crippen molar-refractivity contribution in [2.24, 2.45) is 7.05 Å². The van der Waals surface area contributed by atoms with Gasteiger partial charge in [-0.15, -0.1) is 0 Å². The third-order valence-corrected chi connectivity index (χ3v) is 3.72. The SMILES string of the molecule is COC(=O)CC1(Oc2c(C)nn(C)c2C)CCC1. The Morgan fingerprint density at radius 1 is 1.44 bits per heavy atom. The van der Waals surface area contributed by atoms with Crippen LogP contribution in [0.4, 0.5) is 0 Å². The lowest BCUT2D eigenvalue weighted by atomic mass is 9.77. The van der Waals surface area contributed by atoms with Gasteiger partial charge < -0.3 is 9.47 Å². The lowest BCUT2D eigenvalue weighted by molar-refractivity contribution is -0.148. The van der Waals surface area contributed by atoms with Crippen molar-refractivity contribution in [2.75, 3.05) is 7.11 Å². The molecule has 1 fully saturated rings. The molecular formula is C13H20N2O3. The van der Waals surface area contributed by atoms with Crippen molar-refractivity contribution in [1.82, 2.24) is 9.78 Å². The topological polar surface area (TPSA) is 53.4 Å². The van der Waals surface area contributed by atoms with Crippen molar-refractivity contribution in [2.45, 2.75) is 45.1 Å². The van der Waals surface area contributed by atoms with E-state index < -0.39 is 0 Å². The second-order valence-electron chi connectivity index (χ2n) is 5.02. The molecule has 100 valence electrons. The number of nitrogens with zero attached hydrogens (tertiary/aromatic N) is 2. The van der Waals surface area contributed by atoms with Crippen LogP contribution in [-0.2, 0) is 16.6 Å². The van der Waals surface area contributed by atoms with Crippen LogP contribution in [0.5, 0.6) is 5.75 Å². The van der Waals surface area contributed by atoms with Gasteiger partial charge in [0.1, 0.15) is 11.3 Å². The van der Waals surface area contributed by atoms with Crippen LogP contribution in [0.15, 0.2) is 0 Å². The summed E-state index contributed by atoms with van der Waals surface area (Å²) < 4.78 is 12.7. The van der Waals surface area contributed by atoms with Crippen LogP contribution in [0.1, 0.15) is 37.1 Å². The molecule has 0 aliphatic heterocycles. The Labute approximate surface area is 107 Å². The fourth-order valence-corrected chi connectivity index (χ4v) is 2.34. The highest BCUT2D eigenvalue weighted by Crippen LogP contribution is 2.41.